The molecule has 0 saturated carbocycles. The third kappa shape index (κ3) is 24.0. The first-order chi connectivity index (χ1) is 30.6. The average molecular weight is 900 g/mol. The van der Waals surface area contributed by atoms with E-state index in [1.54, 1.807) is 6.08 Å². The van der Waals surface area contributed by atoms with Gasteiger partial charge in [0, 0.05) is 6.42 Å². The molecule has 12 atom stereocenters. The van der Waals surface area contributed by atoms with Crippen molar-refractivity contribution in [2.45, 2.75) is 248 Å². The van der Waals surface area contributed by atoms with Crippen molar-refractivity contribution >= 4 is 5.91 Å². The fraction of sp³-hybridized carbons (Fsp3) is 0.857. The summed E-state index contributed by atoms with van der Waals surface area (Å²) in [5.41, 5.74) is 0. The van der Waals surface area contributed by atoms with Gasteiger partial charge in [0.1, 0.15) is 48.8 Å². The van der Waals surface area contributed by atoms with Gasteiger partial charge in [-0.1, -0.05) is 165 Å². The van der Waals surface area contributed by atoms with Crippen LogP contribution in [-0.4, -0.2) is 140 Å². The molecule has 0 aromatic rings. The van der Waals surface area contributed by atoms with Gasteiger partial charge in [-0.25, -0.2) is 0 Å². The van der Waals surface area contributed by atoms with E-state index in [0.717, 1.165) is 38.5 Å². The summed E-state index contributed by atoms with van der Waals surface area (Å²) in [5.74, 6) is -0.256. The van der Waals surface area contributed by atoms with E-state index < -0.39 is 86.8 Å². The predicted octanol–water partition coefficient (Wildman–Crippen LogP) is 5.93. The van der Waals surface area contributed by atoms with Crippen LogP contribution in [0.4, 0.5) is 0 Å². The van der Waals surface area contributed by atoms with Crippen LogP contribution in [0.5, 0.6) is 0 Å². The zero-order valence-corrected chi connectivity index (χ0v) is 38.8. The molecule has 63 heavy (non-hydrogen) atoms. The smallest absolute Gasteiger partial charge is 0.220 e. The quantitative estimate of drug-likeness (QED) is 0.0261. The highest BCUT2D eigenvalue weighted by molar-refractivity contribution is 5.76. The summed E-state index contributed by atoms with van der Waals surface area (Å²) in [6, 6.07) is -0.932. The maximum Gasteiger partial charge on any atom is 0.220 e. The minimum atomic E-state index is -1.79. The number of amides is 1. The highest BCUT2D eigenvalue weighted by atomic mass is 16.7. The lowest BCUT2D eigenvalue weighted by atomic mass is 9.97. The van der Waals surface area contributed by atoms with Crippen molar-refractivity contribution in [1.82, 2.24) is 5.32 Å². The normalized spacial score (nSPS) is 27.8. The van der Waals surface area contributed by atoms with Crippen LogP contribution in [0.2, 0.25) is 0 Å². The van der Waals surface area contributed by atoms with Gasteiger partial charge in [0.25, 0.3) is 0 Å². The number of carbonyl (C=O) groups is 1. The van der Waals surface area contributed by atoms with Crippen molar-refractivity contribution in [1.29, 1.82) is 0 Å². The predicted molar refractivity (Wildman–Crippen MR) is 244 cm³/mol. The van der Waals surface area contributed by atoms with Crippen LogP contribution in [0.1, 0.15) is 174 Å². The molecule has 12 unspecified atom stereocenters. The fourth-order valence-corrected chi connectivity index (χ4v) is 8.09. The van der Waals surface area contributed by atoms with Crippen molar-refractivity contribution < 1.29 is 64.6 Å². The topological polar surface area (TPSA) is 228 Å². The molecule has 1 amide bonds. The average Bonchev–Trinajstić information content (AvgIpc) is 3.28. The lowest BCUT2D eigenvalue weighted by molar-refractivity contribution is -0.359. The zero-order chi connectivity index (χ0) is 46.1. The second-order valence-corrected chi connectivity index (χ2v) is 17.6. The standard InChI is InChI=1S/C49H89NO13/c1-3-5-7-9-11-13-14-15-16-17-18-19-20-21-22-23-25-27-29-31-33-41(54)50-37(38(53)32-30-28-26-24-12-10-8-6-4-2)36-60-48-46(59)44(57)47(40(35-52)62-48)63-49-45(58)43(56)42(55)39(34-51)61-49/h4,6,12,24,30,32,37-40,42-49,51-53,55-59H,3,5,7-11,13-23,25-29,31,33-36H2,1-2H3,(H,50,54)/b6-4+,24-12+,32-30+. The van der Waals surface area contributed by atoms with Gasteiger partial charge < -0.3 is 65.1 Å². The van der Waals surface area contributed by atoms with Crippen LogP contribution < -0.4 is 5.32 Å². The minimum absolute atomic E-state index is 0.256. The van der Waals surface area contributed by atoms with Crippen LogP contribution in [0, 0.1) is 0 Å². The van der Waals surface area contributed by atoms with E-state index in [1.807, 2.05) is 19.1 Å². The van der Waals surface area contributed by atoms with E-state index in [2.05, 4.69) is 30.5 Å². The van der Waals surface area contributed by atoms with Gasteiger partial charge in [-0.15, -0.1) is 0 Å². The molecule has 9 N–H and O–H groups in total. The van der Waals surface area contributed by atoms with Crippen molar-refractivity contribution in [3.8, 4) is 0 Å². The van der Waals surface area contributed by atoms with Gasteiger partial charge in [-0.3, -0.25) is 4.79 Å². The SMILES string of the molecule is C/C=C/CC/C=C/CC/C=C/C(O)C(COC1OC(CO)C(OC2OC(CO)C(O)C(O)C2O)C(O)C1O)NC(=O)CCCCCCCCCCCCCCCCCCCCCC. The third-order valence-electron chi connectivity index (χ3n) is 12.2. The molecule has 0 aromatic heterocycles. The number of unbranched alkanes of at least 4 members (excludes halogenated alkanes) is 21. The highest BCUT2D eigenvalue weighted by Crippen LogP contribution is 2.30. The first-order valence-electron chi connectivity index (χ1n) is 24.7. The summed E-state index contributed by atoms with van der Waals surface area (Å²) in [6.45, 7) is 2.52. The number of aliphatic hydroxyl groups is 8. The molecule has 2 saturated heterocycles. The number of rotatable bonds is 37. The number of allylic oxidation sites excluding steroid dienone is 5. The van der Waals surface area contributed by atoms with E-state index in [1.165, 1.54) is 103 Å². The van der Waals surface area contributed by atoms with E-state index in [0.29, 0.717) is 12.8 Å². The highest BCUT2D eigenvalue weighted by Gasteiger charge is 2.51. The van der Waals surface area contributed by atoms with Crippen molar-refractivity contribution in [3.63, 3.8) is 0 Å². The zero-order valence-electron chi connectivity index (χ0n) is 38.8. The summed E-state index contributed by atoms with van der Waals surface area (Å²) in [6.07, 6.45) is 23.7. The van der Waals surface area contributed by atoms with E-state index in [9.17, 15) is 45.6 Å². The summed E-state index contributed by atoms with van der Waals surface area (Å²) < 4.78 is 22.6. The lowest BCUT2D eigenvalue weighted by Crippen LogP contribution is -2.65. The largest absolute Gasteiger partial charge is 0.394 e. The molecule has 2 aliphatic rings. The molecular weight excluding hydrogens is 811 g/mol. The number of hydrogen-bond donors (Lipinski definition) is 9. The Morgan fingerprint density at radius 2 is 1.05 bits per heavy atom. The van der Waals surface area contributed by atoms with E-state index in [-0.39, 0.29) is 18.9 Å². The van der Waals surface area contributed by atoms with Gasteiger partial charge in [0.15, 0.2) is 12.6 Å². The Kier molecular flexibility index (Phi) is 33.1. The Hall–Kier alpha value is -1.79. The molecule has 2 fully saturated rings. The molecule has 0 bridgehead atoms. The first-order valence-corrected chi connectivity index (χ1v) is 24.7. The molecule has 0 aromatic carbocycles. The molecule has 0 spiro atoms. The second kappa shape index (κ2) is 36.3. The van der Waals surface area contributed by atoms with Gasteiger partial charge in [-0.05, 0) is 39.0 Å². The Labute approximate surface area is 379 Å². The summed E-state index contributed by atoms with van der Waals surface area (Å²) >= 11 is 0. The maximum absolute atomic E-state index is 13.1. The molecule has 2 aliphatic heterocycles. The maximum atomic E-state index is 13.1. The van der Waals surface area contributed by atoms with Crippen LogP contribution >= 0.6 is 0 Å². The number of hydrogen-bond acceptors (Lipinski definition) is 13. The number of ether oxygens (including phenoxy) is 4. The Bertz CT molecular complexity index is 1200. The third-order valence-corrected chi connectivity index (χ3v) is 12.2. The molecular formula is C49H89NO13. The van der Waals surface area contributed by atoms with E-state index in [4.69, 9.17) is 18.9 Å². The molecule has 0 radical (unpaired) electrons. The Morgan fingerprint density at radius 1 is 0.587 bits per heavy atom. The molecule has 14 heteroatoms. The van der Waals surface area contributed by atoms with Crippen molar-refractivity contribution in [3.05, 3.63) is 36.5 Å². The second-order valence-electron chi connectivity index (χ2n) is 17.6. The van der Waals surface area contributed by atoms with Crippen LogP contribution in [0.15, 0.2) is 36.5 Å². The van der Waals surface area contributed by atoms with Gasteiger partial charge in [0.2, 0.25) is 5.91 Å². The summed E-state index contributed by atoms with van der Waals surface area (Å²) in [5, 5.41) is 86.4. The molecule has 2 rings (SSSR count). The van der Waals surface area contributed by atoms with E-state index >= 15 is 0 Å². The van der Waals surface area contributed by atoms with Crippen LogP contribution in [0.25, 0.3) is 0 Å². The minimum Gasteiger partial charge on any atom is -0.394 e. The van der Waals surface area contributed by atoms with Crippen LogP contribution in [0.3, 0.4) is 0 Å². The molecule has 2 heterocycles. The molecule has 368 valence electrons. The lowest BCUT2D eigenvalue weighted by Gasteiger charge is -2.46. The fourth-order valence-electron chi connectivity index (χ4n) is 8.09. The summed E-state index contributed by atoms with van der Waals surface area (Å²) in [4.78, 5) is 13.1. The Morgan fingerprint density at radius 3 is 1.56 bits per heavy atom. The van der Waals surface area contributed by atoms with Gasteiger partial charge in [0.05, 0.1) is 32.0 Å². The Balaban J connectivity index is 1.79. The number of nitrogens with one attached hydrogen (secondary N) is 1. The van der Waals surface area contributed by atoms with Crippen molar-refractivity contribution in [2.24, 2.45) is 0 Å². The molecule has 14 nitrogen and oxygen atoms in total. The molecule has 0 aliphatic carbocycles. The summed E-state index contributed by atoms with van der Waals surface area (Å²) in [7, 11) is 0. The van der Waals surface area contributed by atoms with Gasteiger partial charge >= 0.3 is 0 Å². The monoisotopic (exact) mass is 900 g/mol. The van der Waals surface area contributed by atoms with Crippen LogP contribution in [-0.2, 0) is 23.7 Å². The van der Waals surface area contributed by atoms with Gasteiger partial charge in [-0.2, -0.15) is 0 Å². The number of carbonyl (C=O) groups excluding carboxylic acids is 1. The number of aliphatic hydroxyl groups excluding tert-OH is 8. The first kappa shape index (κ1) is 57.3. The van der Waals surface area contributed by atoms with Crippen molar-refractivity contribution in [2.75, 3.05) is 19.8 Å².